The lowest BCUT2D eigenvalue weighted by Gasteiger charge is -2.13. The number of aliphatic hydroxyl groups is 2. The number of hydrogen-bond donors (Lipinski definition) is 2. The van der Waals surface area contributed by atoms with Crippen LogP contribution in [-0.2, 0) is 11.8 Å². The van der Waals surface area contributed by atoms with Gasteiger partial charge in [-0.1, -0.05) is 0 Å². The van der Waals surface area contributed by atoms with Crippen LogP contribution in [0.15, 0.2) is 29.0 Å². The van der Waals surface area contributed by atoms with Crippen molar-refractivity contribution in [2.24, 2.45) is 7.05 Å². The molecule has 0 spiro atoms. The summed E-state index contributed by atoms with van der Waals surface area (Å²) in [5, 5.41) is 31.1. The standard InChI is InChI=1S/C14H15N7O5S/c1-19-5-18-12(21(24)25)14(19)27-13-10-11(15-4-16-13)20(6-17-10)9-2-7(23)8(3-22)26-9/h4-9,22-23H,2-3H2,1H3/t7-,8+,9+/m0/s1. The van der Waals surface area contributed by atoms with Crippen molar-refractivity contribution >= 4 is 28.7 Å². The highest BCUT2D eigenvalue weighted by Crippen LogP contribution is 2.36. The van der Waals surface area contributed by atoms with E-state index in [1.807, 2.05) is 0 Å². The van der Waals surface area contributed by atoms with Crippen LogP contribution < -0.4 is 0 Å². The van der Waals surface area contributed by atoms with Crippen LogP contribution in [0.5, 0.6) is 0 Å². The first kappa shape index (κ1) is 17.8. The van der Waals surface area contributed by atoms with E-state index in [1.165, 1.54) is 23.5 Å². The van der Waals surface area contributed by atoms with Crippen LogP contribution in [0.1, 0.15) is 12.6 Å². The summed E-state index contributed by atoms with van der Waals surface area (Å²) in [5.74, 6) is -0.262. The molecule has 0 radical (unpaired) electrons. The molecule has 0 unspecified atom stereocenters. The molecule has 3 atom stereocenters. The summed E-state index contributed by atoms with van der Waals surface area (Å²) in [4.78, 5) is 27.1. The van der Waals surface area contributed by atoms with Gasteiger partial charge in [0, 0.05) is 13.5 Å². The van der Waals surface area contributed by atoms with E-state index in [0.717, 1.165) is 11.8 Å². The van der Waals surface area contributed by atoms with Crippen molar-refractivity contribution in [2.75, 3.05) is 6.61 Å². The van der Waals surface area contributed by atoms with Crippen molar-refractivity contribution in [3.63, 3.8) is 0 Å². The van der Waals surface area contributed by atoms with Gasteiger partial charge < -0.3 is 29.6 Å². The largest absolute Gasteiger partial charge is 0.396 e. The normalized spacial score (nSPS) is 22.6. The maximum atomic E-state index is 11.2. The number of aliphatic hydroxyl groups excluding tert-OH is 2. The molecule has 142 valence electrons. The molecule has 1 saturated heterocycles. The highest BCUT2D eigenvalue weighted by Gasteiger charge is 2.35. The number of fused-ring (bicyclic) bond motifs is 1. The van der Waals surface area contributed by atoms with Crippen molar-refractivity contribution in [2.45, 2.75) is 34.9 Å². The average molecular weight is 393 g/mol. The Labute approximate surface area is 156 Å². The highest BCUT2D eigenvalue weighted by molar-refractivity contribution is 7.99. The molecule has 1 aliphatic rings. The topological polar surface area (TPSA) is 154 Å². The zero-order valence-corrected chi connectivity index (χ0v) is 14.9. The van der Waals surface area contributed by atoms with E-state index in [2.05, 4.69) is 19.9 Å². The predicted molar refractivity (Wildman–Crippen MR) is 90.9 cm³/mol. The Morgan fingerprint density at radius 3 is 2.89 bits per heavy atom. The van der Waals surface area contributed by atoms with E-state index in [4.69, 9.17) is 4.74 Å². The second-order valence-corrected chi connectivity index (χ2v) is 6.94. The Kier molecular flexibility index (Phi) is 4.51. The van der Waals surface area contributed by atoms with Gasteiger partial charge in [0.05, 0.1) is 19.0 Å². The Bertz CT molecular complexity index is 1010. The average Bonchev–Trinajstić information content (AvgIpc) is 3.32. The molecule has 1 fully saturated rings. The van der Waals surface area contributed by atoms with Gasteiger partial charge in [-0.05, 0) is 21.7 Å². The van der Waals surface area contributed by atoms with Crippen LogP contribution in [0, 0.1) is 10.1 Å². The van der Waals surface area contributed by atoms with Gasteiger partial charge in [-0.25, -0.2) is 15.0 Å². The van der Waals surface area contributed by atoms with Crippen molar-refractivity contribution in [1.82, 2.24) is 29.1 Å². The minimum Gasteiger partial charge on any atom is -0.394 e. The van der Waals surface area contributed by atoms with Gasteiger partial charge in [0.15, 0.2) is 10.7 Å². The third-order valence-electron chi connectivity index (χ3n) is 4.25. The van der Waals surface area contributed by atoms with Gasteiger partial charge >= 0.3 is 5.82 Å². The minimum absolute atomic E-state index is 0.262. The van der Waals surface area contributed by atoms with Gasteiger partial charge in [-0.3, -0.25) is 4.57 Å². The summed E-state index contributed by atoms with van der Waals surface area (Å²) in [7, 11) is 1.65. The number of ether oxygens (including phenoxy) is 1. The summed E-state index contributed by atoms with van der Waals surface area (Å²) in [6.45, 7) is -0.287. The van der Waals surface area contributed by atoms with Crippen molar-refractivity contribution in [3.8, 4) is 0 Å². The molecule has 4 heterocycles. The number of aryl methyl sites for hydroxylation is 1. The Morgan fingerprint density at radius 1 is 1.37 bits per heavy atom. The number of nitro groups is 1. The Balaban J connectivity index is 1.70. The molecule has 1 aliphatic heterocycles. The van der Waals surface area contributed by atoms with E-state index in [0.29, 0.717) is 21.2 Å². The molecule has 4 rings (SSSR count). The van der Waals surface area contributed by atoms with E-state index in [1.54, 1.807) is 11.6 Å². The fourth-order valence-electron chi connectivity index (χ4n) is 2.91. The van der Waals surface area contributed by atoms with E-state index >= 15 is 0 Å². The first-order valence-corrected chi connectivity index (χ1v) is 8.76. The van der Waals surface area contributed by atoms with E-state index < -0.39 is 23.4 Å². The van der Waals surface area contributed by atoms with Gasteiger partial charge in [0.25, 0.3) is 0 Å². The van der Waals surface area contributed by atoms with Crippen LogP contribution in [0.2, 0.25) is 0 Å². The van der Waals surface area contributed by atoms with Crippen LogP contribution in [0.4, 0.5) is 5.82 Å². The van der Waals surface area contributed by atoms with Gasteiger partial charge in [-0.15, -0.1) is 0 Å². The zero-order valence-electron chi connectivity index (χ0n) is 14.0. The number of nitrogens with zero attached hydrogens (tertiary/aromatic N) is 7. The summed E-state index contributed by atoms with van der Waals surface area (Å²) in [6.07, 6.45) is 2.51. The third kappa shape index (κ3) is 3.03. The van der Waals surface area contributed by atoms with Gasteiger partial charge in [0.2, 0.25) is 6.33 Å². The molecule has 0 bridgehead atoms. The summed E-state index contributed by atoms with van der Waals surface area (Å²) in [6, 6.07) is 0. The molecule has 0 aromatic carbocycles. The molecule has 0 amide bonds. The predicted octanol–water partition coefficient (Wildman–Crippen LogP) is 0.260. The Hall–Kier alpha value is -2.61. The number of aromatic nitrogens is 6. The van der Waals surface area contributed by atoms with Crippen LogP contribution in [0.25, 0.3) is 11.2 Å². The molecular weight excluding hydrogens is 378 g/mol. The molecule has 3 aromatic rings. The van der Waals surface area contributed by atoms with Crippen molar-refractivity contribution in [1.29, 1.82) is 0 Å². The fraction of sp³-hybridized carbons (Fsp3) is 0.429. The van der Waals surface area contributed by atoms with Crippen LogP contribution in [-0.4, -0.2) is 63.0 Å². The Morgan fingerprint density at radius 2 is 2.19 bits per heavy atom. The van der Waals surface area contributed by atoms with Crippen molar-refractivity contribution in [3.05, 3.63) is 29.1 Å². The summed E-state index contributed by atoms with van der Waals surface area (Å²) in [5.41, 5.74) is 0.914. The van der Waals surface area contributed by atoms with Crippen molar-refractivity contribution < 1.29 is 19.9 Å². The maximum absolute atomic E-state index is 11.2. The molecule has 0 aliphatic carbocycles. The SMILES string of the molecule is Cn1cnc([N+](=O)[O-])c1Sc1ncnc2c1ncn2[C@H]1C[C@H](O)[C@@H](CO)O1. The lowest BCUT2D eigenvalue weighted by Crippen LogP contribution is -2.24. The second kappa shape index (κ2) is 6.84. The molecule has 27 heavy (non-hydrogen) atoms. The smallest absolute Gasteiger partial charge is 0.394 e. The number of rotatable bonds is 5. The van der Waals surface area contributed by atoms with Gasteiger partial charge in [0.1, 0.15) is 29.2 Å². The highest BCUT2D eigenvalue weighted by atomic mass is 32.2. The third-order valence-corrected chi connectivity index (χ3v) is 5.41. The summed E-state index contributed by atoms with van der Waals surface area (Å²) >= 11 is 1.07. The lowest BCUT2D eigenvalue weighted by atomic mass is 10.2. The number of imidazole rings is 2. The number of hydrogen-bond acceptors (Lipinski definition) is 10. The fourth-order valence-corrected chi connectivity index (χ4v) is 3.84. The molecular formula is C14H15N7O5S. The molecule has 0 saturated carbocycles. The monoisotopic (exact) mass is 393 g/mol. The summed E-state index contributed by atoms with van der Waals surface area (Å²) < 4.78 is 8.83. The zero-order chi connectivity index (χ0) is 19.1. The molecule has 12 nitrogen and oxygen atoms in total. The lowest BCUT2D eigenvalue weighted by molar-refractivity contribution is -0.392. The maximum Gasteiger partial charge on any atom is 0.396 e. The first-order valence-electron chi connectivity index (χ1n) is 7.95. The molecule has 3 aromatic heterocycles. The van der Waals surface area contributed by atoms with E-state index in [-0.39, 0.29) is 18.8 Å². The van der Waals surface area contributed by atoms with Gasteiger partial charge in [-0.2, -0.15) is 0 Å². The molecule has 2 N–H and O–H groups in total. The van der Waals surface area contributed by atoms with Crippen LogP contribution >= 0.6 is 11.8 Å². The first-order chi connectivity index (χ1) is 13.0. The second-order valence-electron chi connectivity index (χ2n) is 5.96. The molecule has 13 heteroatoms. The van der Waals surface area contributed by atoms with E-state index in [9.17, 15) is 20.3 Å². The van der Waals surface area contributed by atoms with Crippen LogP contribution in [0.3, 0.4) is 0 Å². The quantitative estimate of drug-likeness (QED) is 0.350. The minimum atomic E-state index is -0.787.